The minimum atomic E-state index is -3.32. The van der Waals surface area contributed by atoms with Crippen LogP contribution in [-0.2, 0) is 14.6 Å². The molecule has 1 N–H and O–H groups in total. The fraction of sp³-hybridized carbons (Fsp3) is 0.818. The van der Waals surface area contributed by atoms with Gasteiger partial charge in [-0.25, -0.2) is 8.42 Å². The Morgan fingerprint density at radius 3 is 2.83 bits per heavy atom. The van der Waals surface area contributed by atoms with Gasteiger partial charge in [-0.3, -0.25) is 4.79 Å². The lowest BCUT2D eigenvalue weighted by atomic mass is 10.1. The highest BCUT2D eigenvalue weighted by atomic mass is 32.2. The molecule has 7 heteroatoms. The number of nitriles is 1. The molecular weight excluding hydrogens is 254 g/mol. The van der Waals surface area contributed by atoms with Crippen LogP contribution in [0.15, 0.2) is 0 Å². The third-order valence-electron chi connectivity index (χ3n) is 3.53. The van der Waals surface area contributed by atoms with Gasteiger partial charge in [-0.05, 0) is 12.8 Å². The van der Waals surface area contributed by atoms with Gasteiger partial charge in [-0.1, -0.05) is 6.42 Å². The van der Waals surface area contributed by atoms with Gasteiger partial charge in [-0.2, -0.15) is 5.26 Å². The number of piperazine rings is 1. The zero-order valence-electron chi connectivity index (χ0n) is 10.1. The summed E-state index contributed by atoms with van der Waals surface area (Å²) in [4.78, 5) is 13.7. The molecule has 0 aromatic carbocycles. The summed E-state index contributed by atoms with van der Waals surface area (Å²) in [6.07, 6.45) is 1.79. The maximum atomic E-state index is 12.3. The van der Waals surface area contributed by atoms with E-state index in [4.69, 9.17) is 5.26 Å². The predicted molar refractivity (Wildman–Crippen MR) is 65.4 cm³/mol. The zero-order valence-corrected chi connectivity index (χ0v) is 10.9. The number of carbonyl (C=O) groups excluding carboxylic acids is 1. The van der Waals surface area contributed by atoms with Gasteiger partial charge in [0.25, 0.3) is 0 Å². The molecule has 6 nitrogen and oxygen atoms in total. The monoisotopic (exact) mass is 271 g/mol. The first-order valence-electron chi connectivity index (χ1n) is 6.18. The summed E-state index contributed by atoms with van der Waals surface area (Å²) >= 11 is 0. The normalized spacial score (nSPS) is 31.6. The molecule has 2 saturated heterocycles. The minimum Gasteiger partial charge on any atom is -0.323 e. The average Bonchev–Trinajstić information content (AvgIpc) is 2.37. The molecule has 2 heterocycles. The van der Waals surface area contributed by atoms with Gasteiger partial charge < -0.3 is 10.2 Å². The smallest absolute Gasteiger partial charge is 0.242 e. The largest absolute Gasteiger partial charge is 0.323 e. The lowest BCUT2D eigenvalue weighted by Gasteiger charge is -2.35. The van der Waals surface area contributed by atoms with Crippen molar-refractivity contribution >= 4 is 15.7 Å². The Balaban J connectivity index is 2.17. The van der Waals surface area contributed by atoms with E-state index in [-0.39, 0.29) is 11.7 Å². The van der Waals surface area contributed by atoms with Gasteiger partial charge in [0.2, 0.25) is 5.91 Å². The van der Waals surface area contributed by atoms with Crippen molar-refractivity contribution in [1.29, 1.82) is 5.26 Å². The van der Waals surface area contributed by atoms with Crippen molar-refractivity contribution in [2.75, 3.05) is 25.4 Å². The number of carbonyl (C=O) groups is 1. The van der Waals surface area contributed by atoms with Crippen LogP contribution in [0.4, 0.5) is 0 Å². The molecule has 1 amide bonds. The average molecular weight is 271 g/mol. The lowest BCUT2D eigenvalue weighted by molar-refractivity contribution is -0.132. The summed E-state index contributed by atoms with van der Waals surface area (Å²) in [5.74, 6) is -0.296. The van der Waals surface area contributed by atoms with E-state index >= 15 is 0 Å². The number of hydrogen-bond acceptors (Lipinski definition) is 5. The zero-order chi connectivity index (χ0) is 13.2. The summed E-state index contributed by atoms with van der Waals surface area (Å²) in [7, 11) is -3.32. The molecule has 100 valence electrons. The first kappa shape index (κ1) is 13.3. The highest BCUT2D eigenvalue weighted by Gasteiger charge is 2.40. The van der Waals surface area contributed by atoms with Crippen LogP contribution in [0.25, 0.3) is 0 Å². The minimum absolute atomic E-state index is 0.0900. The molecule has 2 fully saturated rings. The number of rotatable bonds is 1. The van der Waals surface area contributed by atoms with Crippen molar-refractivity contribution < 1.29 is 13.2 Å². The van der Waals surface area contributed by atoms with Crippen LogP contribution in [0.2, 0.25) is 0 Å². The van der Waals surface area contributed by atoms with E-state index in [1.54, 1.807) is 0 Å². The van der Waals surface area contributed by atoms with Crippen LogP contribution in [0.5, 0.6) is 0 Å². The molecule has 2 aliphatic rings. The quantitative estimate of drug-likeness (QED) is 0.679. The number of sulfone groups is 1. The number of hydrogen-bond donors (Lipinski definition) is 1. The fourth-order valence-electron chi connectivity index (χ4n) is 2.50. The van der Waals surface area contributed by atoms with Gasteiger partial charge in [0.05, 0.1) is 11.8 Å². The lowest BCUT2D eigenvalue weighted by Crippen LogP contribution is -2.57. The van der Waals surface area contributed by atoms with Gasteiger partial charge in [-0.15, -0.1) is 0 Å². The Kier molecular flexibility index (Phi) is 3.88. The maximum Gasteiger partial charge on any atom is 0.242 e. The molecule has 0 aromatic heterocycles. The van der Waals surface area contributed by atoms with E-state index in [2.05, 4.69) is 5.32 Å². The summed E-state index contributed by atoms with van der Waals surface area (Å²) in [5.41, 5.74) is 0. The number of nitrogens with zero attached hydrogens (tertiary/aromatic N) is 2. The molecule has 0 bridgehead atoms. The first-order valence-corrected chi connectivity index (χ1v) is 7.90. The molecule has 0 spiro atoms. The second kappa shape index (κ2) is 5.24. The summed E-state index contributed by atoms with van der Waals surface area (Å²) < 4.78 is 23.8. The van der Waals surface area contributed by atoms with Gasteiger partial charge in [0.15, 0.2) is 9.84 Å². The van der Waals surface area contributed by atoms with Gasteiger partial charge in [0.1, 0.15) is 11.3 Å². The van der Waals surface area contributed by atoms with Crippen molar-refractivity contribution in [2.24, 2.45) is 0 Å². The van der Waals surface area contributed by atoms with Crippen molar-refractivity contribution in [3.8, 4) is 6.07 Å². The Labute approximate surface area is 107 Å². The third kappa shape index (κ3) is 2.49. The van der Waals surface area contributed by atoms with E-state index in [0.717, 1.165) is 6.42 Å². The summed E-state index contributed by atoms with van der Waals surface area (Å²) in [6.45, 7) is 1.43. The predicted octanol–water partition coefficient (Wildman–Crippen LogP) is -0.722. The molecule has 2 rings (SSSR count). The second-order valence-corrected chi connectivity index (χ2v) is 7.04. The van der Waals surface area contributed by atoms with Crippen molar-refractivity contribution in [3.63, 3.8) is 0 Å². The van der Waals surface area contributed by atoms with Gasteiger partial charge in [0, 0.05) is 19.6 Å². The molecule has 0 aliphatic carbocycles. The maximum absolute atomic E-state index is 12.3. The Hall–Kier alpha value is -1.13. The highest BCUT2D eigenvalue weighted by Crippen LogP contribution is 2.22. The fourth-order valence-corrected chi connectivity index (χ4v) is 4.36. The van der Waals surface area contributed by atoms with E-state index in [9.17, 15) is 13.2 Å². The van der Waals surface area contributed by atoms with E-state index in [1.807, 2.05) is 6.07 Å². The molecule has 0 saturated carbocycles. The first-order chi connectivity index (χ1) is 8.56. The van der Waals surface area contributed by atoms with Crippen LogP contribution in [0.1, 0.15) is 19.3 Å². The van der Waals surface area contributed by atoms with Crippen LogP contribution < -0.4 is 5.32 Å². The number of nitrogens with one attached hydrogen (secondary N) is 1. The molecule has 2 unspecified atom stereocenters. The second-order valence-electron chi connectivity index (χ2n) is 4.73. The molecule has 0 radical (unpaired) electrons. The Morgan fingerprint density at radius 1 is 1.39 bits per heavy atom. The molecular formula is C11H17N3O3S. The SMILES string of the molecule is N#CC1CNCCN1C(=O)C1CCCCS1(=O)=O. The molecule has 0 aromatic rings. The van der Waals surface area contributed by atoms with Crippen LogP contribution >= 0.6 is 0 Å². The number of amides is 1. The van der Waals surface area contributed by atoms with Crippen molar-refractivity contribution in [2.45, 2.75) is 30.6 Å². The Bertz CT molecular complexity index is 468. The van der Waals surface area contributed by atoms with Crippen LogP contribution in [0, 0.1) is 11.3 Å². The van der Waals surface area contributed by atoms with Crippen LogP contribution in [-0.4, -0.2) is 55.9 Å². The summed E-state index contributed by atoms with van der Waals surface area (Å²) in [6, 6.07) is 1.50. The molecule has 2 atom stereocenters. The van der Waals surface area contributed by atoms with E-state index in [0.29, 0.717) is 32.5 Å². The van der Waals surface area contributed by atoms with Crippen molar-refractivity contribution in [3.05, 3.63) is 0 Å². The van der Waals surface area contributed by atoms with E-state index < -0.39 is 21.1 Å². The van der Waals surface area contributed by atoms with Crippen LogP contribution in [0.3, 0.4) is 0 Å². The topological polar surface area (TPSA) is 90.3 Å². The standard InChI is InChI=1S/C11H17N3O3S/c12-7-9-8-13-4-5-14(9)11(15)10-3-1-2-6-18(10,16)17/h9-10,13H,1-6,8H2. The summed E-state index contributed by atoms with van der Waals surface area (Å²) in [5, 5.41) is 11.1. The third-order valence-corrected chi connectivity index (χ3v) is 5.69. The van der Waals surface area contributed by atoms with Crippen molar-refractivity contribution in [1.82, 2.24) is 10.2 Å². The Morgan fingerprint density at radius 2 is 2.17 bits per heavy atom. The van der Waals surface area contributed by atoms with E-state index in [1.165, 1.54) is 4.90 Å². The molecule has 18 heavy (non-hydrogen) atoms. The molecule has 2 aliphatic heterocycles. The van der Waals surface area contributed by atoms with Gasteiger partial charge >= 0.3 is 0 Å². The highest BCUT2D eigenvalue weighted by molar-refractivity contribution is 7.92.